The Balaban J connectivity index is 2.40. The van der Waals surface area contributed by atoms with Gasteiger partial charge < -0.3 is 9.47 Å². The zero-order valence-electron chi connectivity index (χ0n) is 11.0. The first kappa shape index (κ1) is 13.0. The van der Waals surface area contributed by atoms with Crippen LogP contribution in [0.5, 0.6) is 0 Å². The van der Waals surface area contributed by atoms with Crippen LogP contribution in [0.1, 0.15) is 25.7 Å². The third-order valence-corrected chi connectivity index (χ3v) is 3.47. The Bertz CT molecular complexity index is 479. The molecule has 0 saturated carbocycles. The fourth-order valence-electron chi connectivity index (χ4n) is 2.35. The van der Waals surface area contributed by atoms with Gasteiger partial charge in [0.25, 0.3) is 0 Å². The highest BCUT2D eigenvalue weighted by Crippen LogP contribution is 2.30. The Hall–Kier alpha value is -1.48. The van der Waals surface area contributed by atoms with Gasteiger partial charge in [-0.1, -0.05) is 29.8 Å². The van der Waals surface area contributed by atoms with Crippen molar-refractivity contribution >= 4 is 0 Å². The summed E-state index contributed by atoms with van der Waals surface area (Å²) in [6.07, 6.45) is 9.45. The highest BCUT2D eigenvalue weighted by molar-refractivity contribution is 5.34. The van der Waals surface area contributed by atoms with E-state index < -0.39 is 0 Å². The zero-order valence-corrected chi connectivity index (χ0v) is 11.0. The molecule has 0 aliphatic heterocycles. The van der Waals surface area contributed by atoms with E-state index in [1.807, 2.05) is 0 Å². The molecule has 2 bridgehead atoms. The van der Waals surface area contributed by atoms with E-state index in [0.29, 0.717) is 0 Å². The second-order valence-electron chi connectivity index (χ2n) is 4.54. The van der Waals surface area contributed by atoms with Crippen molar-refractivity contribution in [1.29, 1.82) is 0 Å². The molecule has 0 aromatic rings. The molecule has 0 radical (unpaired) electrons. The largest absolute Gasteiger partial charge is 0.365 e. The number of hydrogen-bond donors (Lipinski definition) is 0. The molecule has 0 heterocycles. The van der Waals surface area contributed by atoms with Crippen molar-refractivity contribution in [1.82, 2.24) is 0 Å². The Morgan fingerprint density at radius 2 is 2.11 bits per heavy atom. The van der Waals surface area contributed by atoms with Gasteiger partial charge in [0.1, 0.15) is 11.7 Å². The molecule has 2 nitrogen and oxygen atoms in total. The topological polar surface area (TPSA) is 18.5 Å². The van der Waals surface area contributed by atoms with Gasteiger partial charge >= 0.3 is 0 Å². The van der Waals surface area contributed by atoms with Crippen LogP contribution in [0.2, 0.25) is 0 Å². The molecule has 2 rings (SSSR count). The first-order valence-electron chi connectivity index (χ1n) is 6.25. The minimum Gasteiger partial charge on any atom is -0.365 e. The first-order valence-corrected chi connectivity index (χ1v) is 6.25. The van der Waals surface area contributed by atoms with Crippen LogP contribution in [0.3, 0.4) is 0 Å². The van der Waals surface area contributed by atoms with E-state index >= 15 is 0 Å². The molecule has 0 fully saturated rings. The van der Waals surface area contributed by atoms with E-state index in [1.165, 1.54) is 5.57 Å². The monoisotopic (exact) mass is 242 g/mol. The van der Waals surface area contributed by atoms with Crippen LogP contribution in [0, 0.1) is 23.7 Å². The van der Waals surface area contributed by atoms with Crippen LogP contribution in [-0.2, 0) is 9.47 Å². The molecule has 0 unspecified atom stereocenters. The lowest BCUT2D eigenvalue weighted by Crippen LogP contribution is -2.28. The maximum absolute atomic E-state index is 5.65. The molecule has 0 spiro atoms. The molecule has 2 heteroatoms. The Morgan fingerprint density at radius 3 is 2.89 bits per heavy atom. The molecule has 18 heavy (non-hydrogen) atoms. The van der Waals surface area contributed by atoms with E-state index in [0.717, 1.165) is 25.7 Å². The number of rotatable bonds is 2. The van der Waals surface area contributed by atoms with Crippen LogP contribution in [0.15, 0.2) is 23.8 Å². The van der Waals surface area contributed by atoms with Gasteiger partial charge in [0.15, 0.2) is 0 Å². The quantitative estimate of drug-likeness (QED) is 0.547. The van der Waals surface area contributed by atoms with Gasteiger partial charge in [-0.25, -0.2) is 0 Å². The molecule has 2 atom stereocenters. The highest BCUT2D eigenvalue weighted by Gasteiger charge is 2.29. The summed E-state index contributed by atoms with van der Waals surface area (Å²) in [4.78, 5) is 0. The van der Waals surface area contributed by atoms with Crippen LogP contribution in [-0.4, -0.2) is 25.9 Å². The smallest absolute Gasteiger partial charge is 0.139 e. The van der Waals surface area contributed by atoms with Gasteiger partial charge in [-0.15, -0.1) is 0 Å². The fraction of sp³-hybridized carbons (Fsp3) is 0.500. The predicted octanol–water partition coefficient (Wildman–Crippen LogP) is 2.46. The predicted molar refractivity (Wildman–Crippen MR) is 71.8 cm³/mol. The van der Waals surface area contributed by atoms with Crippen molar-refractivity contribution < 1.29 is 9.47 Å². The lowest BCUT2D eigenvalue weighted by Gasteiger charge is -2.24. The summed E-state index contributed by atoms with van der Waals surface area (Å²) in [6.45, 7) is 0. The summed E-state index contributed by atoms with van der Waals surface area (Å²) < 4.78 is 11.1. The van der Waals surface area contributed by atoms with Crippen LogP contribution >= 0.6 is 0 Å². The minimum absolute atomic E-state index is 0.111. The lowest BCUT2D eigenvalue weighted by atomic mass is 9.95. The summed E-state index contributed by atoms with van der Waals surface area (Å²) in [7, 11) is 3.44. The average Bonchev–Trinajstić information content (AvgIpc) is 2.62. The summed E-state index contributed by atoms with van der Waals surface area (Å²) in [5.41, 5.74) is 0.898. The SMILES string of the molecule is CO[C@H]1C#C/C=C\C#C[C@@]2(OC)CC=C1CCC2. The van der Waals surface area contributed by atoms with Crippen LogP contribution < -0.4 is 0 Å². The van der Waals surface area contributed by atoms with Gasteiger partial charge in [0.2, 0.25) is 0 Å². The van der Waals surface area contributed by atoms with E-state index in [2.05, 4.69) is 29.8 Å². The van der Waals surface area contributed by atoms with Crippen molar-refractivity contribution in [3.63, 3.8) is 0 Å². The molecule has 0 aromatic heterocycles. The lowest BCUT2D eigenvalue weighted by molar-refractivity contribution is 0.0362. The molecule has 0 saturated heterocycles. The second-order valence-corrected chi connectivity index (χ2v) is 4.54. The number of hydrogen-bond acceptors (Lipinski definition) is 2. The first-order chi connectivity index (χ1) is 8.79. The Kier molecular flexibility index (Phi) is 4.26. The second kappa shape index (κ2) is 5.91. The average molecular weight is 242 g/mol. The molecule has 0 N–H and O–H groups in total. The van der Waals surface area contributed by atoms with Crippen molar-refractivity contribution in [2.45, 2.75) is 37.4 Å². The molecule has 0 aromatic carbocycles. The summed E-state index contributed by atoms with van der Waals surface area (Å²) >= 11 is 0. The van der Waals surface area contributed by atoms with E-state index in [4.69, 9.17) is 9.47 Å². The van der Waals surface area contributed by atoms with Crippen molar-refractivity contribution in [2.24, 2.45) is 0 Å². The van der Waals surface area contributed by atoms with Gasteiger partial charge in [-0.3, -0.25) is 0 Å². The molecule has 2 aliphatic carbocycles. The van der Waals surface area contributed by atoms with Gasteiger partial charge in [0, 0.05) is 20.6 Å². The summed E-state index contributed by atoms with van der Waals surface area (Å²) in [6, 6.07) is 0. The molecular formula is C16H18O2. The standard InChI is InChI=1S/C16H18O2/c1-17-15-9-5-3-4-6-11-16(18-2)12-7-8-14(15)10-13-16/h3-4,10,15H,7-8,12-13H2,1-2H3/b4-3-/t15-,16-/m0/s1. The maximum atomic E-state index is 5.65. The van der Waals surface area contributed by atoms with E-state index in [1.54, 1.807) is 26.4 Å². The van der Waals surface area contributed by atoms with Gasteiger partial charge in [-0.05, 0) is 37.0 Å². The van der Waals surface area contributed by atoms with Gasteiger partial charge in [0.05, 0.1) is 0 Å². The number of methoxy groups -OCH3 is 2. The van der Waals surface area contributed by atoms with Crippen LogP contribution in [0.25, 0.3) is 0 Å². The molecule has 2 aliphatic rings. The normalized spacial score (nSPS) is 31.9. The number of fused-ring (bicyclic) bond motifs is 2. The number of ether oxygens (including phenoxy) is 2. The van der Waals surface area contributed by atoms with Crippen molar-refractivity contribution in [3.8, 4) is 23.7 Å². The molecule has 0 amide bonds. The molecular weight excluding hydrogens is 224 g/mol. The van der Waals surface area contributed by atoms with E-state index in [-0.39, 0.29) is 11.7 Å². The Morgan fingerprint density at radius 1 is 1.28 bits per heavy atom. The van der Waals surface area contributed by atoms with Gasteiger partial charge in [-0.2, -0.15) is 0 Å². The zero-order chi connectivity index (χ0) is 12.8. The van der Waals surface area contributed by atoms with Crippen molar-refractivity contribution in [2.75, 3.05) is 14.2 Å². The minimum atomic E-state index is -0.352. The maximum Gasteiger partial charge on any atom is 0.139 e. The summed E-state index contributed by atoms with van der Waals surface area (Å²) in [5, 5.41) is 0. The van der Waals surface area contributed by atoms with Crippen molar-refractivity contribution in [3.05, 3.63) is 23.8 Å². The third-order valence-electron chi connectivity index (χ3n) is 3.47. The highest BCUT2D eigenvalue weighted by atomic mass is 16.5. The fourth-order valence-corrected chi connectivity index (χ4v) is 2.35. The van der Waals surface area contributed by atoms with Crippen LogP contribution in [0.4, 0.5) is 0 Å². The number of allylic oxidation sites excluding steroid dienone is 2. The third kappa shape index (κ3) is 2.85. The summed E-state index contributed by atoms with van der Waals surface area (Å²) in [5.74, 6) is 12.4. The molecule has 94 valence electrons. The van der Waals surface area contributed by atoms with E-state index in [9.17, 15) is 0 Å². The Labute approximate surface area is 109 Å².